The molecule has 0 bridgehead atoms. The summed E-state index contributed by atoms with van der Waals surface area (Å²) in [6.45, 7) is 49.9. The highest BCUT2D eigenvalue weighted by atomic mass is 33.8. The molecule has 0 aromatic carbocycles. The first-order chi connectivity index (χ1) is 41.7. The largest absolute Gasteiger partial charge is 0.515 e. The molecule has 0 aliphatic rings. The summed E-state index contributed by atoms with van der Waals surface area (Å²) in [4.78, 5) is 0.811. The van der Waals surface area contributed by atoms with Crippen LogP contribution in [-0.2, 0) is 79.7 Å². The highest BCUT2D eigenvalue weighted by Gasteiger charge is 2.52. The van der Waals surface area contributed by atoms with Crippen LogP contribution in [0.15, 0.2) is 0 Å². The van der Waals surface area contributed by atoms with E-state index in [1.165, 1.54) is 0 Å². The molecule has 0 rings (SSSR count). The third-order valence-corrected chi connectivity index (χ3v) is 60.9. The zero-order chi connectivity index (χ0) is 66.5. The second kappa shape index (κ2) is 61.0. The molecule has 0 aliphatic heterocycles. The summed E-state index contributed by atoms with van der Waals surface area (Å²) < 4.78 is 108. The number of rotatable bonds is 60. The lowest BCUT2D eigenvalue weighted by Gasteiger charge is -2.34. The summed E-state index contributed by atoms with van der Waals surface area (Å²) in [6, 6.07) is 0. The Balaban J connectivity index is -0.00000124. The number of hydrogen-bond donors (Lipinski definition) is 0. The van der Waals surface area contributed by atoms with Crippen LogP contribution in [0, 0.1) is 0 Å². The van der Waals surface area contributed by atoms with Crippen molar-refractivity contribution in [2.75, 3.05) is 121 Å². The van der Waals surface area contributed by atoms with Gasteiger partial charge in [-0.3, -0.25) is 0 Å². The molecule has 6 unspecified atom stereocenters. The standard InChI is InChI=1S/C22H50O6S5Si2.2C14H34O6S4Si2/c1-9-15-23-34(24-16-10-2,25-17-11-3)21(7)29-31-33-32-30-22(8)35(26-18-12-4,27-19-13-5)28-20-14-6;2*1-9-17-25(15-7,18-10-2)13(5)21-23-24-22-14(6)26(16-8,19-11-3)20-12-4/h21-22H,9-20H2,1-8H3;2*13-14H,9-12H2,1-8H3. The van der Waals surface area contributed by atoms with Crippen LogP contribution in [-0.4, -0.2) is 203 Å². The van der Waals surface area contributed by atoms with Crippen molar-refractivity contribution in [3.63, 3.8) is 0 Å². The van der Waals surface area contributed by atoms with Crippen LogP contribution in [0.4, 0.5) is 0 Å². The van der Waals surface area contributed by atoms with Crippen LogP contribution in [0.3, 0.4) is 0 Å². The predicted octanol–water partition coefficient (Wildman–Crippen LogP) is 18.3. The van der Waals surface area contributed by atoms with E-state index in [9.17, 15) is 0 Å². The van der Waals surface area contributed by atoms with Crippen LogP contribution in [0.1, 0.15) is 177 Å². The van der Waals surface area contributed by atoms with E-state index in [4.69, 9.17) is 79.7 Å². The molecule has 0 radical (unpaired) electrons. The molecule has 6 atom stereocenters. The molecule has 0 amide bonds. The summed E-state index contributed by atoms with van der Waals surface area (Å²) >= 11 is 0. The van der Waals surface area contributed by atoms with E-state index < -0.39 is 52.8 Å². The minimum atomic E-state index is -2.76. The monoisotopic (exact) mass is 1590 g/mol. The normalized spacial score (nSPS) is 14.9. The van der Waals surface area contributed by atoms with E-state index in [1.807, 2.05) is 55.4 Å². The molecule has 18 nitrogen and oxygen atoms in total. The predicted molar refractivity (Wildman–Crippen MR) is 408 cm³/mol. The van der Waals surface area contributed by atoms with E-state index >= 15 is 0 Å². The first-order valence-corrected chi connectivity index (χ1v) is 57.5. The summed E-state index contributed by atoms with van der Waals surface area (Å²) in [5.74, 6) is 0. The van der Waals surface area contributed by atoms with E-state index in [2.05, 4.69) is 83.1 Å². The average Bonchev–Trinajstić information content (AvgIpc) is 3.33. The fourth-order valence-corrected chi connectivity index (χ4v) is 58.8. The molecular formula is C50H118O18S13Si6. The quantitative estimate of drug-likeness (QED) is 0.0320. The first-order valence-electron chi connectivity index (χ1n) is 30.5. The van der Waals surface area contributed by atoms with Crippen molar-refractivity contribution in [1.29, 1.82) is 0 Å². The fraction of sp³-hybridized carbons (Fsp3) is 1.00. The maximum Gasteiger partial charge on any atom is 0.515 e. The highest BCUT2D eigenvalue weighted by Crippen LogP contribution is 2.54. The second-order valence-corrected chi connectivity index (χ2v) is 59.8. The minimum Gasteiger partial charge on any atom is -0.376 e. The van der Waals surface area contributed by atoms with Crippen molar-refractivity contribution in [2.24, 2.45) is 0 Å². The summed E-state index contributed by atoms with van der Waals surface area (Å²) in [5.41, 5.74) is 0. The highest BCUT2D eigenvalue weighted by molar-refractivity contribution is 9.36. The maximum atomic E-state index is 6.29. The van der Waals surface area contributed by atoms with Gasteiger partial charge in [-0.2, -0.15) is 0 Å². The summed E-state index contributed by atoms with van der Waals surface area (Å²) in [7, 11) is 13.0. The minimum absolute atomic E-state index is 0.129. The topological polar surface area (TPSA) is 166 Å². The van der Waals surface area contributed by atoms with Crippen LogP contribution < -0.4 is 0 Å². The fourth-order valence-electron chi connectivity index (χ4n) is 7.08. The van der Waals surface area contributed by atoms with Gasteiger partial charge in [-0.15, -0.1) is 0 Å². The molecule has 0 aliphatic carbocycles. The van der Waals surface area contributed by atoms with Gasteiger partial charge in [-0.1, -0.05) is 106 Å². The van der Waals surface area contributed by atoms with Gasteiger partial charge in [0.2, 0.25) is 0 Å². The van der Waals surface area contributed by atoms with E-state index in [1.54, 1.807) is 162 Å². The molecule has 0 fully saturated rings. The molecule has 0 N–H and O–H groups in total. The first kappa shape index (κ1) is 96.3. The Morgan fingerprint density at radius 2 is 0.345 bits per heavy atom. The van der Waals surface area contributed by atoms with Gasteiger partial charge in [-0.25, -0.2) is 0 Å². The Morgan fingerprint density at radius 3 is 0.471 bits per heavy atom. The van der Waals surface area contributed by atoms with Crippen LogP contribution in [0.2, 0.25) is 0 Å². The second-order valence-electron chi connectivity index (χ2n) is 17.9. The molecule has 0 spiro atoms. The van der Waals surface area contributed by atoms with Crippen molar-refractivity contribution in [2.45, 2.75) is 206 Å². The van der Waals surface area contributed by atoms with Crippen LogP contribution >= 0.6 is 134 Å². The Labute approximate surface area is 587 Å². The molecule has 0 heterocycles. The van der Waals surface area contributed by atoms with Gasteiger partial charge in [-0.05, 0) is 204 Å². The average molecular weight is 1590 g/mol. The van der Waals surface area contributed by atoms with Gasteiger partial charge in [0.05, 0.1) is 29.2 Å². The zero-order valence-corrected chi connectivity index (χ0v) is 73.9. The van der Waals surface area contributed by atoms with Gasteiger partial charge in [0.15, 0.2) is 0 Å². The van der Waals surface area contributed by atoms with Crippen molar-refractivity contribution < 1.29 is 79.7 Å². The summed E-state index contributed by atoms with van der Waals surface area (Å²) in [5, 5.41) is 0. The van der Waals surface area contributed by atoms with E-state index in [0.29, 0.717) is 92.5 Å². The molecule has 87 heavy (non-hydrogen) atoms. The van der Waals surface area contributed by atoms with Crippen molar-refractivity contribution in [1.82, 2.24) is 0 Å². The SMILES string of the molecule is CCCO[Si](OCCC)(OCCC)C(C)SSSSSC(C)[Si](OCCC)(OCCC)OCCC.CCO[Si](OC)(OCC)C(C)SSSSC(C)[Si](OC)(OCC)OCC.CCO[Si](OC)(OCC)C(C)SSSSC(C)[Si](OC)(OCC)OCC. The molecule has 0 saturated carbocycles. The number of hydrogen-bond acceptors (Lipinski definition) is 31. The van der Waals surface area contributed by atoms with Crippen molar-refractivity contribution in [3.8, 4) is 0 Å². The van der Waals surface area contributed by atoms with Crippen molar-refractivity contribution in [3.05, 3.63) is 0 Å². The lowest BCUT2D eigenvalue weighted by atomic mass is 10.5. The van der Waals surface area contributed by atoms with Crippen LogP contribution in [0.5, 0.6) is 0 Å². The van der Waals surface area contributed by atoms with Crippen LogP contribution in [0.25, 0.3) is 0 Å². The third-order valence-electron chi connectivity index (χ3n) is 11.1. The molecule has 37 heteroatoms. The van der Waals surface area contributed by atoms with E-state index in [0.717, 1.165) is 38.5 Å². The zero-order valence-electron chi connectivity index (χ0n) is 57.3. The Hall–Kier alpha value is 5.13. The lowest BCUT2D eigenvalue weighted by molar-refractivity contribution is 0.0582. The molecule has 528 valence electrons. The smallest absolute Gasteiger partial charge is 0.376 e. The van der Waals surface area contributed by atoms with Gasteiger partial charge in [0.1, 0.15) is 0 Å². The van der Waals surface area contributed by atoms with Gasteiger partial charge < -0.3 is 79.7 Å². The molecule has 0 aromatic heterocycles. The summed E-state index contributed by atoms with van der Waals surface area (Å²) in [6.07, 6.45) is 5.72. The van der Waals surface area contributed by atoms with Gasteiger partial charge in [0, 0.05) is 121 Å². The Kier molecular flexibility index (Phi) is 67.6. The van der Waals surface area contributed by atoms with E-state index in [-0.39, 0.29) is 29.2 Å². The molecular weight excluding hydrogens is 1470 g/mol. The Bertz CT molecular complexity index is 1300. The van der Waals surface area contributed by atoms with Gasteiger partial charge >= 0.3 is 52.8 Å². The van der Waals surface area contributed by atoms with Gasteiger partial charge in [0.25, 0.3) is 0 Å². The lowest BCUT2D eigenvalue weighted by Crippen LogP contribution is -2.54. The van der Waals surface area contributed by atoms with Crippen molar-refractivity contribution >= 4 is 186 Å². The molecule has 0 aromatic rings. The third kappa shape index (κ3) is 38.5. The molecule has 0 saturated heterocycles. The maximum absolute atomic E-state index is 6.29. The Morgan fingerprint density at radius 1 is 0.207 bits per heavy atom.